The quantitative estimate of drug-likeness (QED) is 0.799. The number of halogens is 3. The van der Waals surface area contributed by atoms with Gasteiger partial charge in [0.2, 0.25) is 10.0 Å². The summed E-state index contributed by atoms with van der Waals surface area (Å²) in [5.41, 5.74) is -3.12. The second-order valence-corrected chi connectivity index (χ2v) is 9.57. The lowest BCUT2D eigenvalue weighted by molar-refractivity contribution is -0.180. The first-order valence-electron chi connectivity index (χ1n) is 8.05. The van der Waals surface area contributed by atoms with Gasteiger partial charge in [-0.3, -0.25) is 0 Å². The van der Waals surface area contributed by atoms with E-state index < -0.39 is 40.1 Å². The molecule has 0 amide bonds. The van der Waals surface area contributed by atoms with Crippen LogP contribution in [0.2, 0.25) is 0 Å². The third-order valence-electron chi connectivity index (χ3n) is 4.81. The molecule has 0 aromatic heterocycles. The van der Waals surface area contributed by atoms with Crippen molar-refractivity contribution >= 4 is 22.6 Å². The Hall–Kier alpha value is -1.10. The van der Waals surface area contributed by atoms with E-state index in [-0.39, 0.29) is 4.90 Å². The van der Waals surface area contributed by atoms with Crippen molar-refractivity contribution in [1.82, 2.24) is 4.72 Å². The fraction of sp³-hybridized carbons (Fsp3) is 0.625. The maximum absolute atomic E-state index is 12.9. The minimum Gasteiger partial charge on any atom is -0.399 e. The Morgan fingerprint density at radius 2 is 1.38 bits per heavy atom. The van der Waals surface area contributed by atoms with Crippen molar-refractivity contribution in [1.29, 1.82) is 0 Å². The molecule has 1 fully saturated rings. The number of alkyl halides is 3. The molecule has 0 radical (unpaired) electrons. The lowest BCUT2D eigenvalue weighted by atomic mass is 9.79. The molecule has 1 heterocycles. The van der Waals surface area contributed by atoms with Gasteiger partial charge in [-0.25, -0.2) is 8.42 Å². The van der Waals surface area contributed by atoms with E-state index in [1.54, 1.807) is 4.72 Å². The number of sulfonamides is 1. The van der Waals surface area contributed by atoms with Crippen LogP contribution >= 0.6 is 0 Å². The lowest BCUT2D eigenvalue weighted by Gasteiger charge is -2.32. The van der Waals surface area contributed by atoms with Crippen LogP contribution < -0.4 is 10.2 Å². The van der Waals surface area contributed by atoms with Crippen LogP contribution in [-0.2, 0) is 19.3 Å². The van der Waals surface area contributed by atoms with Crippen molar-refractivity contribution in [3.63, 3.8) is 0 Å². The summed E-state index contributed by atoms with van der Waals surface area (Å²) in [7, 11) is -5.02. The molecule has 0 aliphatic carbocycles. The van der Waals surface area contributed by atoms with Gasteiger partial charge in [0.25, 0.3) is 0 Å². The van der Waals surface area contributed by atoms with Crippen LogP contribution in [0.5, 0.6) is 0 Å². The summed E-state index contributed by atoms with van der Waals surface area (Å²) in [4.78, 5) is -0.268. The summed E-state index contributed by atoms with van der Waals surface area (Å²) in [6.45, 7) is 9.07. The van der Waals surface area contributed by atoms with Crippen molar-refractivity contribution in [2.24, 2.45) is 0 Å². The predicted octanol–water partition coefficient (Wildman–Crippen LogP) is 2.61. The van der Waals surface area contributed by atoms with Crippen LogP contribution in [0, 0.1) is 0 Å². The second kappa shape index (κ2) is 6.22. The average Bonchev–Trinajstić information content (AvgIpc) is 2.65. The second-order valence-electron chi connectivity index (χ2n) is 7.89. The van der Waals surface area contributed by atoms with Crippen molar-refractivity contribution in [2.75, 3.05) is 0 Å². The van der Waals surface area contributed by atoms with Gasteiger partial charge >= 0.3 is 13.3 Å². The van der Waals surface area contributed by atoms with Gasteiger partial charge in [-0.1, -0.05) is 12.1 Å². The van der Waals surface area contributed by atoms with Gasteiger partial charge in [0.1, 0.15) is 5.54 Å². The molecular weight excluding hydrogens is 370 g/mol. The van der Waals surface area contributed by atoms with Crippen LogP contribution in [0.1, 0.15) is 41.5 Å². The van der Waals surface area contributed by atoms with Crippen LogP contribution in [0.15, 0.2) is 29.2 Å². The molecule has 1 aliphatic heterocycles. The normalized spacial score (nSPS) is 20.4. The van der Waals surface area contributed by atoms with E-state index >= 15 is 0 Å². The van der Waals surface area contributed by atoms with Gasteiger partial charge in [0, 0.05) is 0 Å². The SMILES string of the molecule is CC(C)(NS(=O)(=O)c1ccc(B2OC(C)(C)C(C)(C)O2)cc1)C(F)(F)F. The van der Waals surface area contributed by atoms with Gasteiger partial charge in [-0.15, -0.1) is 0 Å². The largest absolute Gasteiger partial charge is 0.494 e. The molecule has 0 bridgehead atoms. The van der Waals surface area contributed by atoms with E-state index in [0.29, 0.717) is 5.46 Å². The van der Waals surface area contributed by atoms with Crippen LogP contribution in [0.25, 0.3) is 0 Å². The number of nitrogens with one attached hydrogen (secondary N) is 1. The van der Waals surface area contributed by atoms with Gasteiger partial charge < -0.3 is 9.31 Å². The summed E-state index contributed by atoms with van der Waals surface area (Å²) in [5, 5.41) is 0. The molecule has 0 atom stereocenters. The number of rotatable bonds is 4. The first-order chi connectivity index (χ1) is 11.5. The van der Waals surface area contributed by atoms with Crippen molar-refractivity contribution in [3.05, 3.63) is 24.3 Å². The van der Waals surface area contributed by atoms with Crippen LogP contribution in [0.3, 0.4) is 0 Å². The Kier molecular flexibility index (Phi) is 5.07. The zero-order valence-electron chi connectivity index (χ0n) is 15.6. The fourth-order valence-electron chi connectivity index (χ4n) is 2.24. The van der Waals surface area contributed by atoms with Gasteiger partial charge in [-0.05, 0) is 59.1 Å². The molecule has 10 heteroatoms. The van der Waals surface area contributed by atoms with Crippen LogP contribution in [0.4, 0.5) is 13.2 Å². The van der Waals surface area contributed by atoms with Gasteiger partial charge in [0.15, 0.2) is 0 Å². The fourth-order valence-corrected chi connectivity index (χ4v) is 3.64. The van der Waals surface area contributed by atoms with Gasteiger partial charge in [-0.2, -0.15) is 17.9 Å². The Balaban J connectivity index is 2.22. The molecule has 146 valence electrons. The third kappa shape index (κ3) is 3.93. The Bertz CT molecular complexity index is 758. The summed E-state index contributed by atoms with van der Waals surface area (Å²) >= 11 is 0. The van der Waals surface area contributed by atoms with Crippen molar-refractivity contribution < 1.29 is 30.9 Å². The monoisotopic (exact) mass is 393 g/mol. The summed E-state index contributed by atoms with van der Waals surface area (Å²) in [5.74, 6) is 0. The highest BCUT2D eigenvalue weighted by atomic mass is 32.2. The molecule has 0 saturated carbocycles. The Morgan fingerprint density at radius 1 is 0.962 bits per heavy atom. The summed E-state index contributed by atoms with van der Waals surface area (Å²) in [6.07, 6.45) is -4.72. The molecule has 1 aliphatic rings. The topological polar surface area (TPSA) is 64.6 Å². The average molecular weight is 393 g/mol. The standard InChI is InChI=1S/C16H23BF3NO4S/c1-13(2,16(18,19)20)21-26(22,23)12-9-7-11(8-10-12)17-24-14(3,4)15(5,6)25-17/h7-10,21H,1-6H3. The van der Waals surface area contributed by atoms with Gasteiger partial charge in [0.05, 0.1) is 16.1 Å². The molecule has 1 aromatic rings. The number of benzene rings is 1. The zero-order chi connectivity index (χ0) is 20.2. The molecule has 1 aromatic carbocycles. The highest BCUT2D eigenvalue weighted by molar-refractivity contribution is 7.89. The molecule has 0 unspecified atom stereocenters. The van der Waals surface area contributed by atoms with E-state index in [9.17, 15) is 21.6 Å². The molecule has 2 rings (SSSR count). The Morgan fingerprint density at radius 3 is 1.77 bits per heavy atom. The first kappa shape index (κ1) is 21.2. The van der Waals surface area contributed by atoms with E-state index in [4.69, 9.17) is 9.31 Å². The molecule has 0 spiro atoms. The van der Waals surface area contributed by atoms with E-state index in [1.807, 2.05) is 27.7 Å². The van der Waals surface area contributed by atoms with E-state index in [0.717, 1.165) is 13.8 Å². The Labute approximate surface area is 152 Å². The molecule has 1 N–H and O–H groups in total. The predicted molar refractivity (Wildman–Crippen MR) is 92.6 cm³/mol. The minimum absolute atomic E-state index is 0.268. The minimum atomic E-state index is -4.72. The van der Waals surface area contributed by atoms with E-state index in [2.05, 4.69) is 0 Å². The molecule has 5 nitrogen and oxygen atoms in total. The maximum Gasteiger partial charge on any atom is 0.494 e. The zero-order valence-corrected chi connectivity index (χ0v) is 16.4. The summed E-state index contributed by atoms with van der Waals surface area (Å²) in [6, 6.07) is 5.40. The number of hydrogen-bond acceptors (Lipinski definition) is 4. The maximum atomic E-state index is 12.9. The molecular formula is C16H23BF3NO4S. The van der Waals surface area contributed by atoms with Crippen molar-refractivity contribution in [3.8, 4) is 0 Å². The third-order valence-corrected chi connectivity index (χ3v) is 6.49. The highest BCUT2D eigenvalue weighted by Gasteiger charge is 2.52. The number of hydrogen-bond donors (Lipinski definition) is 1. The lowest BCUT2D eigenvalue weighted by Crippen LogP contribution is -2.54. The summed E-state index contributed by atoms with van der Waals surface area (Å²) < 4.78 is 76.7. The first-order valence-corrected chi connectivity index (χ1v) is 9.53. The smallest absolute Gasteiger partial charge is 0.399 e. The van der Waals surface area contributed by atoms with Crippen LogP contribution in [-0.4, -0.2) is 38.5 Å². The van der Waals surface area contributed by atoms with E-state index in [1.165, 1.54) is 24.3 Å². The molecule has 26 heavy (non-hydrogen) atoms. The highest BCUT2D eigenvalue weighted by Crippen LogP contribution is 2.36. The molecule has 1 saturated heterocycles. The van der Waals surface area contributed by atoms with Crippen molar-refractivity contribution in [2.45, 2.75) is 69.4 Å².